The molecule has 88 valence electrons. The van der Waals surface area contributed by atoms with E-state index in [1.165, 1.54) is 12.3 Å². The van der Waals surface area contributed by atoms with Gasteiger partial charge in [-0.3, -0.25) is 4.90 Å². The molecule has 0 spiro atoms. The fourth-order valence-corrected chi connectivity index (χ4v) is 2.97. The third kappa shape index (κ3) is 2.59. The minimum atomic E-state index is -0.914. The average Bonchev–Trinajstić information content (AvgIpc) is 2.66. The Morgan fingerprint density at radius 2 is 2.56 bits per heavy atom. The van der Waals surface area contributed by atoms with E-state index in [-0.39, 0.29) is 5.56 Å². The summed E-state index contributed by atoms with van der Waals surface area (Å²) in [6.45, 7) is 4.77. The van der Waals surface area contributed by atoms with Crippen LogP contribution in [-0.2, 0) is 6.54 Å². The summed E-state index contributed by atoms with van der Waals surface area (Å²) >= 11 is 1.96. The molecule has 0 saturated carbocycles. The summed E-state index contributed by atoms with van der Waals surface area (Å²) in [5.41, 5.74) is 0.283. The highest BCUT2D eigenvalue weighted by Gasteiger charge is 2.20. The molecule has 1 aromatic rings. The number of hydrogen-bond donors (Lipinski definition) is 1. The molecule has 1 aliphatic rings. The van der Waals surface area contributed by atoms with Crippen molar-refractivity contribution >= 4 is 17.7 Å². The van der Waals surface area contributed by atoms with Crippen molar-refractivity contribution in [2.75, 3.05) is 18.8 Å². The SMILES string of the molecule is CC1CN(Cc2occc2C(=O)O)CCS1. The lowest BCUT2D eigenvalue weighted by atomic mass is 10.2. The van der Waals surface area contributed by atoms with Crippen molar-refractivity contribution in [3.63, 3.8) is 0 Å². The van der Waals surface area contributed by atoms with E-state index >= 15 is 0 Å². The van der Waals surface area contributed by atoms with Gasteiger partial charge in [0.25, 0.3) is 0 Å². The predicted octanol–water partition coefficient (Wildman–Crippen LogP) is 1.92. The number of carboxylic acid groups (broad SMARTS) is 1. The van der Waals surface area contributed by atoms with E-state index in [0.29, 0.717) is 17.6 Å². The van der Waals surface area contributed by atoms with Gasteiger partial charge in [0.1, 0.15) is 11.3 Å². The molecular weight excluding hydrogens is 226 g/mol. The van der Waals surface area contributed by atoms with Crippen molar-refractivity contribution in [1.29, 1.82) is 0 Å². The second-order valence-electron chi connectivity index (χ2n) is 3.98. The second kappa shape index (κ2) is 4.93. The molecule has 0 amide bonds. The monoisotopic (exact) mass is 241 g/mol. The summed E-state index contributed by atoms with van der Waals surface area (Å²) in [6.07, 6.45) is 1.45. The highest BCUT2D eigenvalue weighted by Crippen LogP contribution is 2.21. The Hall–Kier alpha value is -0.940. The van der Waals surface area contributed by atoms with Crippen LogP contribution in [0.5, 0.6) is 0 Å². The summed E-state index contributed by atoms with van der Waals surface area (Å²) in [5.74, 6) is 0.749. The Kier molecular flexibility index (Phi) is 3.56. The zero-order valence-corrected chi connectivity index (χ0v) is 10.00. The molecule has 1 unspecified atom stereocenters. The molecule has 1 saturated heterocycles. The van der Waals surface area contributed by atoms with E-state index in [1.807, 2.05) is 11.8 Å². The maximum atomic E-state index is 10.9. The molecule has 4 nitrogen and oxygen atoms in total. The second-order valence-corrected chi connectivity index (χ2v) is 5.53. The molecule has 0 bridgehead atoms. The van der Waals surface area contributed by atoms with Gasteiger partial charge in [0.05, 0.1) is 12.8 Å². The van der Waals surface area contributed by atoms with Gasteiger partial charge in [-0.15, -0.1) is 0 Å². The average molecular weight is 241 g/mol. The summed E-state index contributed by atoms with van der Waals surface area (Å²) in [6, 6.07) is 1.51. The van der Waals surface area contributed by atoms with Gasteiger partial charge in [-0.05, 0) is 6.07 Å². The first kappa shape index (κ1) is 11.5. The van der Waals surface area contributed by atoms with Gasteiger partial charge in [0.15, 0.2) is 0 Å². The van der Waals surface area contributed by atoms with Gasteiger partial charge in [-0.25, -0.2) is 4.79 Å². The van der Waals surface area contributed by atoms with Gasteiger partial charge in [-0.2, -0.15) is 11.8 Å². The van der Waals surface area contributed by atoms with Gasteiger partial charge < -0.3 is 9.52 Å². The zero-order valence-electron chi connectivity index (χ0n) is 9.18. The van der Waals surface area contributed by atoms with E-state index in [1.54, 1.807) is 0 Å². The highest BCUT2D eigenvalue weighted by atomic mass is 32.2. The van der Waals surface area contributed by atoms with Crippen LogP contribution in [0.4, 0.5) is 0 Å². The van der Waals surface area contributed by atoms with Crippen molar-refractivity contribution < 1.29 is 14.3 Å². The van der Waals surface area contributed by atoms with E-state index in [9.17, 15) is 4.79 Å². The molecule has 2 rings (SSSR count). The Labute approximate surface area is 98.6 Å². The number of hydrogen-bond acceptors (Lipinski definition) is 4. The number of thioether (sulfide) groups is 1. The molecule has 0 radical (unpaired) electrons. The molecule has 1 N–H and O–H groups in total. The Bertz CT molecular complexity index is 377. The highest BCUT2D eigenvalue weighted by molar-refractivity contribution is 7.99. The van der Waals surface area contributed by atoms with E-state index < -0.39 is 5.97 Å². The molecule has 2 heterocycles. The normalized spacial score (nSPS) is 22.2. The van der Waals surface area contributed by atoms with E-state index in [2.05, 4.69) is 11.8 Å². The predicted molar refractivity (Wildman–Crippen MR) is 62.9 cm³/mol. The number of carboxylic acids is 1. The minimum Gasteiger partial charge on any atom is -0.478 e. The number of aromatic carboxylic acids is 1. The molecular formula is C11H15NO3S. The molecule has 1 aliphatic heterocycles. The smallest absolute Gasteiger partial charge is 0.339 e. The van der Waals surface area contributed by atoms with Crippen LogP contribution < -0.4 is 0 Å². The van der Waals surface area contributed by atoms with Crippen LogP contribution in [0.15, 0.2) is 16.7 Å². The summed E-state index contributed by atoms with van der Waals surface area (Å²) in [7, 11) is 0. The van der Waals surface area contributed by atoms with Crippen LogP contribution in [0.3, 0.4) is 0 Å². The number of carbonyl (C=O) groups is 1. The molecule has 1 aromatic heterocycles. The summed E-state index contributed by atoms with van der Waals surface area (Å²) in [4.78, 5) is 13.1. The van der Waals surface area contributed by atoms with Crippen molar-refractivity contribution in [3.8, 4) is 0 Å². The summed E-state index contributed by atoms with van der Waals surface area (Å²) < 4.78 is 5.23. The van der Waals surface area contributed by atoms with Gasteiger partial charge in [-0.1, -0.05) is 6.92 Å². The van der Waals surface area contributed by atoms with Crippen LogP contribution in [0.25, 0.3) is 0 Å². The third-order valence-electron chi connectivity index (χ3n) is 2.67. The van der Waals surface area contributed by atoms with E-state index in [4.69, 9.17) is 9.52 Å². The van der Waals surface area contributed by atoms with Gasteiger partial charge in [0.2, 0.25) is 0 Å². The standard InChI is InChI=1S/C11H15NO3S/c1-8-6-12(3-5-16-8)7-10-9(11(13)14)2-4-15-10/h2,4,8H,3,5-7H2,1H3,(H,13,14). The van der Waals surface area contributed by atoms with Crippen LogP contribution in [0.1, 0.15) is 23.0 Å². The molecule has 16 heavy (non-hydrogen) atoms. The van der Waals surface area contributed by atoms with Crippen LogP contribution in [-0.4, -0.2) is 40.1 Å². The van der Waals surface area contributed by atoms with Crippen molar-refractivity contribution in [1.82, 2.24) is 4.90 Å². The maximum Gasteiger partial charge on any atom is 0.339 e. The zero-order chi connectivity index (χ0) is 11.5. The van der Waals surface area contributed by atoms with Crippen molar-refractivity contribution in [2.45, 2.75) is 18.7 Å². The lowest BCUT2D eigenvalue weighted by molar-refractivity contribution is 0.0692. The minimum absolute atomic E-state index is 0.283. The quantitative estimate of drug-likeness (QED) is 0.876. The van der Waals surface area contributed by atoms with Crippen molar-refractivity contribution in [2.24, 2.45) is 0 Å². The largest absolute Gasteiger partial charge is 0.478 e. The first-order chi connectivity index (χ1) is 7.66. The molecule has 1 fully saturated rings. The fourth-order valence-electron chi connectivity index (χ4n) is 1.89. The Morgan fingerprint density at radius 1 is 1.75 bits per heavy atom. The Balaban J connectivity index is 2.02. The Morgan fingerprint density at radius 3 is 3.25 bits per heavy atom. The third-order valence-corrected chi connectivity index (χ3v) is 3.80. The molecule has 0 aliphatic carbocycles. The fraction of sp³-hybridized carbons (Fsp3) is 0.545. The van der Waals surface area contributed by atoms with Gasteiger partial charge in [0, 0.05) is 24.1 Å². The number of nitrogens with zero attached hydrogens (tertiary/aromatic N) is 1. The molecule has 0 aromatic carbocycles. The molecule has 5 heteroatoms. The van der Waals surface area contributed by atoms with Gasteiger partial charge >= 0.3 is 5.97 Å². The number of furan rings is 1. The topological polar surface area (TPSA) is 53.7 Å². The van der Waals surface area contributed by atoms with Crippen molar-refractivity contribution in [3.05, 3.63) is 23.7 Å². The van der Waals surface area contributed by atoms with Crippen LogP contribution >= 0.6 is 11.8 Å². The van der Waals surface area contributed by atoms with E-state index in [0.717, 1.165) is 18.8 Å². The lowest BCUT2D eigenvalue weighted by Gasteiger charge is -2.29. The first-order valence-electron chi connectivity index (χ1n) is 5.30. The lowest BCUT2D eigenvalue weighted by Crippen LogP contribution is -2.36. The van der Waals surface area contributed by atoms with Crippen LogP contribution in [0, 0.1) is 0 Å². The first-order valence-corrected chi connectivity index (χ1v) is 6.35. The number of rotatable bonds is 3. The molecule has 1 atom stereocenters. The maximum absolute atomic E-state index is 10.9. The van der Waals surface area contributed by atoms with Crippen LogP contribution in [0.2, 0.25) is 0 Å². The summed E-state index contributed by atoms with van der Waals surface area (Å²) in [5, 5.41) is 9.56.